The second-order valence-corrected chi connectivity index (χ2v) is 9.80. The number of carbonyl (C=O) groups is 1. The molecule has 1 amide bonds. The Bertz CT molecular complexity index is 1380. The predicted octanol–water partition coefficient (Wildman–Crippen LogP) is 5.46. The van der Waals surface area contributed by atoms with Crippen molar-refractivity contribution in [1.82, 2.24) is 14.5 Å². The van der Waals surface area contributed by atoms with Crippen LogP contribution in [0.5, 0.6) is 11.5 Å². The number of rotatable bonds is 7. The SMILES string of the molecule is Cc1cn(-c2cc(CN3CCC[C@H](N)C3)cc(NC(=O)c3ccc(C)c(Oc4ccccc4)c3)c2)cn1. The van der Waals surface area contributed by atoms with Gasteiger partial charge in [0, 0.05) is 42.3 Å². The second kappa shape index (κ2) is 11.0. The van der Waals surface area contributed by atoms with Crippen LogP contribution in [0.25, 0.3) is 5.69 Å². The van der Waals surface area contributed by atoms with Crippen molar-refractivity contribution in [2.75, 3.05) is 18.4 Å². The fourth-order valence-corrected chi connectivity index (χ4v) is 4.71. The van der Waals surface area contributed by atoms with Gasteiger partial charge in [0.2, 0.25) is 0 Å². The van der Waals surface area contributed by atoms with Crippen LogP contribution in [0.2, 0.25) is 0 Å². The van der Waals surface area contributed by atoms with Crippen molar-refractivity contribution >= 4 is 11.6 Å². The lowest BCUT2D eigenvalue weighted by Gasteiger charge is -2.30. The van der Waals surface area contributed by atoms with Crippen LogP contribution in [0.15, 0.2) is 79.3 Å². The number of nitrogens with one attached hydrogen (secondary N) is 1. The maximum Gasteiger partial charge on any atom is 0.255 e. The van der Waals surface area contributed by atoms with E-state index in [4.69, 9.17) is 10.5 Å². The van der Waals surface area contributed by atoms with E-state index in [0.717, 1.165) is 66.4 Å². The van der Waals surface area contributed by atoms with Crippen molar-refractivity contribution in [3.63, 3.8) is 0 Å². The molecule has 0 radical (unpaired) electrons. The van der Waals surface area contributed by atoms with Crippen molar-refractivity contribution in [2.45, 2.75) is 39.3 Å². The van der Waals surface area contributed by atoms with Crippen LogP contribution >= 0.6 is 0 Å². The molecular weight excluding hydrogens is 462 g/mol. The van der Waals surface area contributed by atoms with Gasteiger partial charge >= 0.3 is 0 Å². The van der Waals surface area contributed by atoms with E-state index in [-0.39, 0.29) is 11.9 Å². The van der Waals surface area contributed by atoms with E-state index >= 15 is 0 Å². The fraction of sp³-hybridized carbons (Fsp3) is 0.267. The molecule has 3 N–H and O–H groups in total. The Morgan fingerprint density at radius 2 is 1.95 bits per heavy atom. The quantitative estimate of drug-likeness (QED) is 0.356. The molecule has 7 heteroatoms. The summed E-state index contributed by atoms with van der Waals surface area (Å²) in [6.45, 7) is 6.61. The molecule has 190 valence electrons. The maximum absolute atomic E-state index is 13.3. The molecule has 2 heterocycles. The van der Waals surface area contributed by atoms with Gasteiger partial charge in [-0.05, 0) is 86.8 Å². The summed E-state index contributed by atoms with van der Waals surface area (Å²) in [6.07, 6.45) is 5.95. The summed E-state index contributed by atoms with van der Waals surface area (Å²) >= 11 is 0. The number of amides is 1. The third-order valence-corrected chi connectivity index (χ3v) is 6.61. The molecule has 1 aliphatic heterocycles. The van der Waals surface area contributed by atoms with Crippen LogP contribution in [0.1, 0.15) is 40.0 Å². The Labute approximate surface area is 217 Å². The number of hydrogen-bond acceptors (Lipinski definition) is 5. The molecule has 1 aromatic heterocycles. The van der Waals surface area contributed by atoms with E-state index in [1.54, 1.807) is 12.4 Å². The second-order valence-electron chi connectivity index (χ2n) is 9.80. The van der Waals surface area contributed by atoms with Gasteiger partial charge < -0.3 is 20.4 Å². The molecule has 3 aromatic carbocycles. The van der Waals surface area contributed by atoms with Crippen LogP contribution in [-0.4, -0.2) is 39.5 Å². The number of para-hydroxylation sites is 1. The molecular formula is C30H33N5O2. The van der Waals surface area contributed by atoms with Crippen LogP contribution < -0.4 is 15.8 Å². The molecule has 0 saturated carbocycles. The van der Waals surface area contributed by atoms with Gasteiger partial charge in [-0.2, -0.15) is 0 Å². The minimum Gasteiger partial charge on any atom is -0.457 e. The fourth-order valence-electron chi connectivity index (χ4n) is 4.71. The van der Waals surface area contributed by atoms with Crippen LogP contribution in [0, 0.1) is 13.8 Å². The minimum absolute atomic E-state index is 0.192. The standard InChI is InChI=1S/C30H33N5O2/c1-21-10-11-24(15-29(21)37-28-8-4-3-5-9-28)30(36)33-26-13-23(18-34-12-6-7-25(31)19-34)14-27(16-26)35-17-22(2)32-20-35/h3-5,8-11,13-17,20,25H,6-7,12,18-19,31H2,1-2H3,(H,33,36)/t25-/m0/s1. The Balaban J connectivity index is 1.40. The summed E-state index contributed by atoms with van der Waals surface area (Å²) in [7, 11) is 0. The molecule has 1 fully saturated rings. The van der Waals surface area contributed by atoms with Gasteiger partial charge in [-0.1, -0.05) is 24.3 Å². The van der Waals surface area contributed by atoms with Crippen LogP contribution in [-0.2, 0) is 6.54 Å². The van der Waals surface area contributed by atoms with E-state index in [9.17, 15) is 4.79 Å². The van der Waals surface area contributed by atoms with Crippen molar-refractivity contribution in [3.05, 3.63) is 102 Å². The van der Waals surface area contributed by atoms with Crippen LogP contribution in [0.4, 0.5) is 5.69 Å². The highest BCUT2D eigenvalue weighted by Gasteiger charge is 2.18. The topological polar surface area (TPSA) is 85.4 Å². The molecule has 1 aliphatic rings. The number of ether oxygens (including phenoxy) is 1. The highest BCUT2D eigenvalue weighted by atomic mass is 16.5. The van der Waals surface area contributed by atoms with E-state index < -0.39 is 0 Å². The number of nitrogens with two attached hydrogens (primary N) is 1. The summed E-state index contributed by atoms with van der Waals surface area (Å²) in [5.41, 5.74) is 11.4. The van der Waals surface area contributed by atoms with E-state index in [2.05, 4.69) is 21.3 Å². The van der Waals surface area contributed by atoms with Crippen molar-refractivity contribution in [1.29, 1.82) is 0 Å². The van der Waals surface area contributed by atoms with Gasteiger partial charge in [-0.25, -0.2) is 4.98 Å². The highest BCUT2D eigenvalue weighted by molar-refractivity contribution is 6.04. The zero-order valence-corrected chi connectivity index (χ0v) is 21.4. The number of nitrogens with zero attached hydrogens (tertiary/aromatic N) is 3. The lowest BCUT2D eigenvalue weighted by atomic mass is 10.0. The van der Waals surface area contributed by atoms with Crippen molar-refractivity contribution in [3.8, 4) is 17.2 Å². The monoisotopic (exact) mass is 495 g/mol. The predicted molar refractivity (Wildman–Crippen MR) is 146 cm³/mol. The number of aryl methyl sites for hydroxylation is 2. The first-order valence-electron chi connectivity index (χ1n) is 12.7. The molecule has 5 rings (SSSR count). The first-order chi connectivity index (χ1) is 17.9. The largest absolute Gasteiger partial charge is 0.457 e. The zero-order chi connectivity index (χ0) is 25.8. The summed E-state index contributed by atoms with van der Waals surface area (Å²) in [4.78, 5) is 20.1. The first-order valence-corrected chi connectivity index (χ1v) is 12.7. The summed E-state index contributed by atoms with van der Waals surface area (Å²) in [5, 5.41) is 3.10. The molecule has 1 atom stereocenters. The number of carbonyl (C=O) groups excluding carboxylic acids is 1. The number of hydrogen-bond donors (Lipinski definition) is 2. The molecule has 0 bridgehead atoms. The number of anilines is 1. The van der Waals surface area contributed by atoms with Gasteiger partial charge in [0.05, 0.1) is 12.0 Å². The van der Waals surface area contributed by atoms with Crippen molar-refractivity contribution in [2.24, 2.45) is 5.73 Å². The Kier molecular flexibility index (Phi) is 7.35. The van der Waals surface area contributed by atoms with Crippen LogP contribution in [0.3, 0.4) is 0 Å². The molecule has 37 heavy (non-hydrogen) atoms. The molecule has 4 aromatic rings. The molecule has 0 unspecified atom stereocenters. The number of likely N-dealkylation sites (tertiary alicyclic amines) is 1. The smallest absolute Gasteiger partial charge is 0.255 e. The summed E-state index contributed by atoms with van der Waals surface area (Å²) in [5.74, 6) is 1.19. The van der Waals surface area contributed by atoms with Gasteiger partial charge in [-0.3, -0.25) is 9.69 Å². The number of benzene rings is 3. The Hall–Kier alpha value is -3.94. The first kappa shape index (κ1) is 24.7. The van der Waals surface area contributed by atoms with Gasteiger partial charge in [0.15, 0.2) is 0 Å². The summed E-state index contributed by atoms with van der Waals surface area (Å²) < 4.78 is 8.02. The van der Waals surface area contributed by atoms with Gasteiger partial charge in [0.25, 0.3) is 5.91 Å². The minimum atomic E-state index is -0.192. The number of imidazole rings is 1. The van der Waals surface area contributed by atoms with E-state index in [1.807, 2.05) is 79.2 Å². The highest BCUT2D eigenvalue weighted by Crippen LogP contribution is 2.27. The lowest BCUT2D eigenvalue weighted by Crippen LogP contribution is -2.42. The Morgan fingerprint density at radius 3 is 2.70 bits per heavy atom. The summed E-state index contributed by atoms with van der Waals surface area (Å²) in [6, 6.07) is 21.5. The lowest BCUT2D eigenvalue weighted by molar-refractivity contribution is 0.102. The van der Waals surface area contributed by atoms with E-state index in [0.29, 0.717) is 11.3 Å². The molecule has 0 spiro atoms. The average Bonchev–Trinajstić information content (AvgIpc) is 3.32. The third-order valence-electron chi connectivity index (χ3n) is 6.61. The van der Waals surface area contributed by atoms with Gasteiger partial charge in [-0.15, -0.1) is 0 Å². The van der Waals surface area contributed by atoms with Gasteiger partial charge in [0.1, 0.15) is 11.5 Å². The number of piperidine rings is 1. The zero-order valence-electron chi connectivity index (χ0n) is 21.4. The third kappa shape index (κ3) is 6.25. The molecule has 0 aliphatic carbocycles. The average molecular weight is 496 g/mol. The molecule has 1 saturated heterocycles. The van der Waals surface area contributed by atoms with Crippen molar-refractivity contribution < 1.29 is 9.53 Å². The normalized spacial score (nSPS) is 15.9. The Morgan fingerprint density at radius 1 is 1.11 bits per heavy atom. The number of aromatic nitrogens is 2. The maximum atomic E-state index is 13.3. The van der Waals surface area contributed by atoms with E-state index in [1.165, 1.54) is 0 Å². The molecule has 7 nitrogen and oxygen atoms in total.